The van der Waals surface area contributed by atoms with Crippen LogP contribution in [0.3, 0.4) is 0 Å². The quantitative estimate of drug-likeness (QED) is 0.617. The summed E-state index contributed by atoms with van der Waals surface area (Å²) in [6.45, 7) is 2.05. The number of hydrogen-bond acceptors (Lipinski definition) is 2. The van der Waals surface area contributed by atoms with Gasteiger partial charge < -0.3 is 0 Å². The normalized spacial score (nSPS) is 10.9. The van der Waals surface area contributed by atoms with E-state index in [0.29, 0.717) is 0 Å². The molecule has 0 saturated heterocycles. The summed E-state index contributed by atoms with van der Waals surface area (Å²) in [6, 6.07) is 12.6. The van der Waals surface area contributed by atoms with Gasteiger partial charge >= 0.3 is 0 Å². The van der Waals surface area contributed by atoms with E-state index >= 15 is 0 Å². The minimum atomic E-state index is -0.217. The maximum atomic E-state index is 12.9. The molecule has 3 rings (SSSR count). The average Bonchev–Trinajstić information content (AvgIpc) is 2.75. The molecular formula is C14H10FNS. The molecule has 0 aliphatic rings. The van der Waals surface area contributed by atoms with Crippen LogP contribution in [0.5, 0.6) is 0 Å². The van der Waals surface area contributed by atoms with Crippen molar-refractivity contribution < 1.29 is 4.39 Å². The Bertz CT molecular complexity index is 670. The summed E-state index contributed by atoms with van der Waals surface area (Å²) in [4.78, 5) is 4.61. The summed E-state index contributed by atoms with van der Waals surface area (Å²) in [6.07, 6.45) is 0. The third kappa shape index (κ3) is 1.83. The Morgan fingerprint density at radius 2 is 1.82 bits per heavy atom. The van der Waals surface area contributed by atoms with E-state index in [1.165, 1.54) is 22.4 Å². The lowest BCUT2D eigenvalue weighted by Gasteiger charge is -1.94. The number of rotatable bonds is 1. The maximum absolute atomic E-state index is 12.9. The van der Waals surface area contributed by atoms with Crippen LogP contribution >= 0.6 is 11.3 Å². The lowest BCUT2D eigenvalue weighted by atomic mass is 10.2. The van der Waals surface area contributed by atoms with E-state index in [-0.39, 0.29) is 5.82 Å². The lowest BCUT2D eigenvalue weighted by molar-refractivity contribution is 0.628. The first-order chi connectivity index (χ1) is 8.24. The highest BCUT2D eigenvalue weighted by Crippen LogP contribution is 2.31. The van der Waals surface area contributed by atoms with Crippen molar-refractivity contribution in [2.45, 2.75) is 6.92 Å². The number of hydrogen-bond donors (Lipinski definition) is 0. The van der Waals surface area contributed by atoms with Crippen LogP contribution in [0.4, 0.5) is 4.39 Å². The van der Waals surface area contributed by atoms with Crippen molar-refractivity contribution in [3.05, 3.63) is 53.8 Å². The Morgan fingerprint density at radius 3 is 2.53 bits per heavy atom. The third-order valence-corrected chi connectivity index (χ3v) is 3.78. The third-order valence-electron chi connectivity index (χ3n) is 2.71. The molecule has 0 saturated carbocycles. The zero-order valence-corrected chi connectivity index (χ0v) is 10.1. The van der Waals surface area contributed by atoms with E-state index in [9.17, 15) is 4.39 Å². The van der Waals surface area contributed by atoms with Crippen molar-refractivity contribution in [3.63, 3.8) is 0 Å². The molecule has 0 aliphatic carbocycles. The van der Waals surface area contributed by atoms with Crippen molar-refractivity contribution in [2.75, 3.05) is 0 Å². The van der Waals surface area contributed by atoms with Crippen LogP contribution in [-0.2, 0) is 0 Å². The summed E-state index contributed by atoms with van der Waals surface area (Å²) in [5, 5.41) is 0.939. The molecule has 0 fully saturated rings. The second-order valence-electron chi connectivity index (χ2n) is 3.95. The number of thiazole rings is 1. The van der Waals surface area contributed by atoms with Crippen LogP contribution in [-0.4, -0.2) is 4.98 Å². The van der Waals surface area contributed by atoms with E-state index in [0.717, 1.165) is 16.1 Å². The van der Waals surface area contributed by atoms with Gasteiger partial charge in [-0.25, -0.2) is 9.37 Å². The molecule has 0 N–H and O–H groups in total. The zero-order chi connectivity index (χ0) is 11.8. The second kappa shape index (κ2) is 3.93. The maximum Gasteiger partial charge on any atom is 0.124 e. The van der Waals surface area contributed by atoms with E-state index in [2.05, 4.69) is 24.0 Å². The predicted octanol–water partition coefficient (Wildman–Crippen LogP) is 4.41. The number of aromatic nitrogens is 1. The molecule has 0 atom stereocenters. The van der Waals surface area contributed by atoms with Gasteiger partial charge in [-0.15, -0.1) is 11.3 Å². The van der Waals surface area contributed by atoms with E-state index < -0.39 is 0 Å². The molecule has 0 aliphatic heterocycles. The highest BCUT2D eigenvalue weighted by atomic mass is 32.1. The standard InChI is InChI=1S/C14H10FNS/c1-9-3-2-4-12-13(9)16-14(17-12)10-5-7-11(15)8-6-10/h2-8H,1H3. The van der Waals surface area contributed by atoms with Gasteiger partial charge in [0.15, 0.2) is 0 Å². The Balaban J connectivity index is 2.18. The predicted molar refractivity (Wildman–Crippen MR) is 69.8 cm³/mol. The molecule has 1 aromatic heterocycles. The number of halogens is 1. The van der Waals surface area contributed by atoms with Gasteiger partial charge in [0.05, 0.1) is 10.2 Å². The van der Waals surface area contributed by atoms with Crippen molar-refractivity contribution in [1.29, 1.82) is 0 Å². The summed E-state index contributed by atoms with van der Waals surface area (Å²) < 4.78 is 14.0. The number of para-hydroxylation sites is 1. The molecule has 84 valence electrons. The molecule has 1 nitrogen and oxygen atoms in total. The van der Waals surface area contributed by atoms with Gasteiger partial charge in [-0.2, -0.15) is 0 Å². The number of aryl methyl sites for hydroxylation is 1. The molecule has 0 unspecified atom stereocenters. The number of benzene rings is 2. The van der Waals surface area contributed by atoms with Crippen LogP contribution in [0.2, 0.25) is 0 Å². The SMILES string of the molecule is Cc1cccc2sc(-c3ccc(F)cc3)nc12. The average molecular weight is 243 g/mol. The van der Waals surface area contributed by atoms with Gasteiger partial charge in [-0.05, 0) is 42.8 Å². The summed E-state index contributed by atoms with van der Waals surface area (Å²) in [7, 11) is 0. The summed E-state index contributed by atoms with van der Waals surface area (Å²) in [5.74, 6) is -0.217. The topological polar surface area (TPSA) is 12.9 Å². The lowest BCUT2D eigenvalue weighted by Crippen LogP contribution is -1.78. The minimum Gasteiger partial charge on any atom is -0.236 e. The van der Waals surface area contributed by atoms with Gasteiger partial charge in [0.2, 0.25) is 0 Å². The van der Waals surface area contributed by atoms with Crippen molar-refractivity contribution in [1.82, 2.24) is 4.98 Å². The zero-order valence-electron chi connectivity index (χ0n) is 9.27. The summed E-state index contributed by atoms with van der Waals surface area (Å²) in [5.41, 5.74) is 3.18. The Kier molecular flexibility index (Phi) is 2.41. The van der Waals surface area contributed by atoms with Gasteiger partial charge in [-0.3, -0.25) is 0 Å². The fourth-order valence-electron chi connectivity index (χ4n) is 1.80. The van der Waals surface area contributed by atoms with Crippen LogP contribution in [0.15, 0.2) is 42.5 Å². The molecular weight excluding hydrogens is 233 g/mol. The van der Waals surface area contributed by atoms with E-state index in [1.807, 2.05) is 6.07 Å². The molecule has 17 heavy (non-hydrogen) atoms. The largest absolute Gasteiger partial charge is 0.236 e. The first kappa shape index (κ1) is 10.4. The van der Waals surface area contributed by atoms with Gasteiger partial charge in [0, 0.05) is 5.56 Å². The van der Waals surface area contributed by atoms with Crippen LogP contribution < -0.4 is 0 Å². The Hall–Kier alpha value is -1.74. The minimum absolute atomic E-state index is 0.217. The van der Waals surface area contributed by atoms with Crippen LogP contribution in [0.25, 0.3) is 20.8 Å². The van der Waals surface area contributed by atoms with Crippen LogP contribution in [0, 0.1) is 12.7 Å². The molecule has 0 radical (unpaired) electrons. The number of nitrogens with zero attached hydrogens (tertiary/aromatic N) is 1. The molecule has 2 aromatic carbocycles. The molecule has 0 amide bonds. The van der Waals surface area contributed by atoms with E-state index in [1.54, 1.807) is 23.5 Å². The monoisotopic (exact) mass is 243 g/mol. The Labute approximate surface area is 103 Å². The second-order valence-corrected chi connectivity index (χ2v) is 4.98. The first-order valence-electron chi connectivity index (χ1n) is 5.36. The molecule has 3 heteroatoms. The van der Waals surface area contributed by atoms with Crippen molar-refractivity contribution in [3.8, 4) is 10.6 Å². The molecule has 1 heterocycles. The van der Waals surface area contributed by atoms with Gasteiger partial charge in [-0.1, -0.05) is 12.1 Å². The smallest absolute Gasteiger partial charge is 0.124 e. The molecule has 0 bridgehead atoms. The fraction of sp³-hybridized carbons (Fsp3) is 0.0714. The Morgan fingerprint density at radius 1 is 1.06 bits per heavy atom. The summed E-state index contributed by atoms with van der Waals surface area (Å²) >= 11 is 1.64. The van der Waals surface area contributed by atoms with Crippen molar-refractivity contribution >= 4 is 21.6 Å². The number of fused-ring (bicyclic) bond motifs is 1. The van der Waals surface area contributed by atoms with E-state index in [4.69, 9.17) is 0 Å². The highest BCUT2D eigenvalue weighted by molar-refractivity contribution is 7.21. The molecule has 0 spiro atoms. The highest BCUT2D eigenvalue weighted by Gasteiger charge is 2.07. The molecule has 3 aromatic rings. The first-order valence-corrected chi connectivity index (χ1v) is 6.18. The fourth-order valence-corrected chi connectivity index (χ4v) is 2.85. The van der Waals surface area contributed by atoms with Gasteiger partial charge in [0.1, 0.15) is 10.8 Å². The van der Waals surface area contributed by atoms with Crippen molar-refractivity contribution in [2.24, 2.45) is 0 Å². The van der Waals surface area contributed by atoms with Crippen LogP contribution in [0.1, 0.15) is 5.56 Å². The van der Waals surface area contributed by atoms with Gasteiger partial charge in [0.25, 0.3) is 0 Å².